The number of nitrogens with zero attached hydrogens (tertiary/aromatic N) is 2. The lowest BCUT2D eigenvalue weighted by atomic mass is 10.1. The Morgan fingerprint density at radius 3 is 2.70 bits per heavy atom. The van der Waals surface area contributed by atoms with Crippen molar-refractivity contribution >= 4 is 51.8 Å². The van der Waals surface area contributed by atoms with Crippen LogP contribution < -0.4 is 10.1 Å². The minimum absolute atomic E-state index is 0.242. The average molecular weight is 438 g/mol. The zero-order valence-corrected chi connectivity index (χ0v) is 17.1. The van der Waals surface area contributed by atoms with Crippen LogP contribution in [0.2, 0.25) is 10.0 Å². The molecule has 0 atom stereocenters. The van der Waals surface area contributed by atoms with E-state index in [1.54, 1.807) is 24.3 Å². The van der Waals surface area contributed by atoms with Crippen molar-refractivity contribution in [1.82, 2.24) is 4.98 Å². The number of fused-ring (bicyclic) bond motifs is 1. The van der Waals surface area contributed by atoms with Crippen molar-refractivity contribution in [2.75, 3.05) is 12.4 Å². The summed E-state index contributed by atoms with van der Waals surface area (Å²) in [6.45, 7) is 0. The van der Waals surface area contributed by atoms with Crippen molar-refractivity contribution in [3.05, 3.63) is 70.0 Å². The molecule has 4 aromatic rings. The highest BCUT2D eigenvalue weighted by molar-refractivity contribution is 6.37. The van der Waals surface area contributed by atoms with Gasteiger partial charge in [0.25, 0.3) is 0 Å². The minimum Gasteiger partial charge on any atom is -0.495 e. The van der Waals surface area contributed by atoms with Crippen LogP contribution in [0.15, 0.2) is 53.1 Å². The molecule has 30 heavy (non-hydrogen) atoms. The first-order valence-electron chi connectivity index (χ1n) is 8.72. The van der Waals surface area contributed by atoms with Gasteiger partial charge in [0, 0.05) is 23.2 Å². The van der Waals surface area contributed by atoms with E-state index in [0.29, 0.717) is 55.7 Å². The summed E-state index contributed by atoms with van der Waals surface area (Å²) in [7, 11) is 1.51. The van der Waals surface area contributed by atoms with E-state index in [1.165, 1.54) is 13.3 Å². The lowest BCUT2D eigenvalue weighted by Crippen LogP contribution is -1.98. The van der Waals surface area contributed by atoms with Gasteiger partial charge < -0.3 is 14.5 Å². The Bertz CT molecular complexity index is 1330. The van der Waals surface area contributed by atoms with Crippen LogP contribution >= 0.6 is 23.2 Å². The number of hydrogen-bond acceptors (Lipinski definition) is 6. The molecular formula is C22H13Cl2N3O3. The molecule has 0 saturated carbocycles. The number of pyridine rings is 1. The van der Waals surface area contributed by atoms with Crippen molar-refractivity contribution in [2.45, 2.75) is 0 Å². The summed E-state index contributed by atoms with van der Waals surface area (Å²) in [5.74, 6) is 1.24. The summed E-state index contributed by atoms with van der Waals surface area (Å²) in [4.78, 5) is 15.3. The van der Waals surface area contributed by atoms with Gasteiger partial charge in [-0.1, -0.05) is 29.3 Å². The van der Waals surface area contributed by atoms with Gasteiger partial charge in [-0.25, -0.2) is 0 Å². The number of hydrogen-bond donors (Lipinski definition) is 1. The number of aromatic nitrogens is 1. The van der Waals surface area contributed by atoms with E-state index in [1.807, 2.05) is 18.2 Å². The maximum absolute atomic E-state index is 10.9. The van der Waals surface area contributed by atoms with Crippen molar-refractivity contribution in [3.8, 4) is 23.1 Å². The third kappa shape index (κ3) is 3.57. The van der Waals surface area contributed by atoms with E-state index in [-0.39, 0.29) is 5.76 Å². The second-order valence-corrected chi connectivity index (χ2v) is 7.12. The predicted molar refractivity (Wildman–Crippen MR) is 116 cm³/mol. The van der Waals surface area contributed by atoms with E-state index < -0.39 is 0 Å². The van der Waals surface area contributed by atoms with Crippen molar-refractivity contribution in [1.29, 1.82) is 5.26 Å². The largest absolute Gasteiger partial charge is 0.495 e. The Morgan fingerprint density at radius 1 is 1.17 bits per heavy atom. The topological polar surface area (TPSA) is 88.1 Å². The summed E-state index contributed by atoms with van der Waals surface area (Å²) < 4.78 is 10.7. The highest BCUT2D eigenvalue weighted by atomic mass is 35.5. The molecule has 0 aliphatic rings. The predicted octanol–water partition coefficient (Wildman–Crippen LogP) is 6.24. The first-order valence-corrected chi connectivity index (χ1v) is 9.48. The number of ether oxygens (including phenoxy) is 1. The maximum atomic E-state index is 10.9. The Labute approximate surface area is 181 Å². The van der Waals surface area contributed by atoms with Crippen LogP contribution in [0.4, 0.5) is 11.4 Å². The number of rotatable bonds is 5. The molecule has 0 aliphatic carbocycles. The molecule has 0 saturated heterocycles. The van der Waals surface area contributed by atoms with E-state index in [0.717, 1.165) is 5.56 Å². The van der Waals surface area contributed by atoms with E-state index in [4.69, 9.17) is 32.4 Å². The number of aldehydes is 1. The first-order chi connectivity index (χ1) is 14.5. The van der Waals surface area contributed by atoms with Crippen LogP contribution in [0, 0.1) is 11.3 Å². The number of furan rings is 1. The quantitative estimate of drug-likeness (QED) is 0.371. The second kappa shape index (κ2) is 8.07. The Hall–Kier alpha value is -3.53. The first kappa shape index (κ1) is 19.8. The van der Waals surface area contributed by atoms with Crippen LogP contribution in [0.1, 0.15) is 16.1 Å². The molecule has 148 valence electrons. The summed E-state index contributed by atoms with van der Waals surface area (Å²) in [6, 6.07) is 14.2. The van der Waals surface area contributed by atoms with Gasteiger partial charge in [0.2, 0.25) is 0 Å². The molecule has 2 aromatic carbocycles. The van der Waals surface area contributed by atoms with E-state index >= 15 is 0 Å². The third-order valence-electron chi connectivity index (χ3n) is 4.52. The Kier molecular flexibility index (Phi) is 5.32. The number of halogens is 2. The molecule has 1 N–H and O–H groups in total. The van der Waals surface area contributed by atoms with Crippen molar-refractivity contribution in [3.63, 3.8) is 0 Å². The molecule has 0 spiro atoms. The number of carbonyl (C=O) groups excluding carboxylic acids is 1. The minimum atomic E-state index is 0.242. The van der Waals surface area contributed by atoms with E-state index in [2.05, 4.69) is 16.4 Å². The van der Waals surface area contributed by atoms with Crippen LogP contribution in [0.25, 0.3) is 22.2 Å². The molecule has 0 aliphatic heterocycles. The lowest BCUT2D eigenvalue weighted by Gasteiger charge is -2.15. The zero-order valence-electron chi connectivity index (χ0n) is 15.6. The fourth-order valence-electron chi connectivity index (χ4n) is 3.05. The fourth-order valence-corrected chi connectivity index (χ4v) is 3.56. The van der Waals surface area contributed by atoms with Gasteiger partial charge in [0.1, 0.15) is 17.6 Å². The van der Waals surface area contributed by atoms with Gasteiger partial charge in [-0.05, 0) is 30.3 Å². The number of carbonyl (C=O) groups is 1. The van der Waals surface area contributed by atoms with E-state index in [9.17, 15) is 10.1 Å². The fraction of sp³-hybridized carbons (Fsp3) is 0.0455. The summed E-state index contributed by atoms with van der Waals surface area (Å²) in [5.41, 5.74) is 2.82. The smallest absolute Gasteiger partial charge is 0.185 e. The summed E-state index contributed by atoms with van der Waals surface area (Å²) >= 11 is 12.5. The Morgan fingerprint density at radius 2 is 2.00 bits per heavy atom. The monoisotopic (exact) mass is 437 g/mol. The van der Waals surface area contributed by atoms with Crippen LogP contribution in [-0.4, -0.2) is 18.4 Å². The lowest BCUT2D eigenvalue weighted by molar-refractivity contribution is 0.110. The highest BCUT2D eigenvalue weighted by Crippen LogP contribution is 2.38. The molecule has 6 nitrogen and oxygen atoms in total. The van der Waals surface area contributed by atoms with Gasteiger partial charge in [0.15, 0.2) is 12.0 Å². The molecule has 4 rings (SSSR count). The number of anilines is 2. The van der Waals surface area contributed by atoms with Crippen LogP contribution in [-0.2, 0) is 0 Å². The molecule has 0 radical (unpaired) electrons. The number of benzene rings is 2. The zero-order chi connectivity index (χ0) is 21.3. The normalized spacial score (nSPS) is 10.6. The average Bonchev–Trinajstić information content (AvgIpc) is 3.24. The van der Waals surface area contributed by atoms with Crippen molar-refractivity contribution in [2.24, 2.45) is 0 Å². The number of nitriles is 1. The van der Waals surface area contributed by atoms with Crippen LogP contribution in [0.3, 0.4) is 0 Å². The molecule has 0 fully saturated rings. The van der Waals surface area contributed by atoms with Gasteiger partial charge in [0.05, 0.1) is 39.6 Å². The van der Waals surface area contributed by atoms with Gasteiger partial charge in [-0.2, -0.15) is 5.26 Å². The number of methoxy groups -OCH3 is 1. The number of nitrogens with one attached hydrogen (secondary N) is 1. The highest BCUT2D eigenvalue weighted by Gasteiger charge is 2.15. The maximum Gasteiger partial charge on any atom is 0.185 e. The molecule has 0 unspecified atom stereocenters. The standard InChI is InChI=1S/C22H13Cl2N3O3/c1-29-21-8-19(16(23)7-17(21)24)27-22-13(9-25)10-26-18-6-12(2-4-15(18)22)20-5-3-14(11-28)30-20/h2-8,10-11H,1H3,(H,26,27). The SMILES string of the molecule is COc1cc(Nc2c(C#N)cnc3cc(-c4ccc(C=O)o4)ccc23)c(Cl)cc1Cl. The molecular weight excluding hydrogens is 425 g/mol. The summed E-state index contributed by atoms with van der Waals surface area (Å²) in [5, 5.41) is 14.3. The second-order valence-electron chi connectivity index (χ2n) is 6.30. The molecule has 0 amide bonds. The van der Waals surface area contributed by atoms with Crippen molar-refractivity contribution < 1.29 is 13.9 Å². The van der Waals surface area contributed by atoms with Crippen LogP contribution in [0.5, 0.6) is 5.75 Å². The molecule has 2 heterocycles. The molecule has 8 heteroatoms. The van der Waals surface area contributed by atoms with Gasteiger partial charge in [-0.3, -0.25) is 9.78 Å². The van der Waals surface area contributed by atoms with Gasteiger partial charge >= 0.3 is 0 Å². The molecule has 0 bridgehead atoms. The molecule has 2 aromatic heterocycles. The summed E-state index contributed by atoms with van der Waals surface area (Å²) in [6.07, 6.45) is 2.13. The van der Waals surface area contributed by atoms with Gasteiger partial charge in [-0.15, -0.1) is 0 Å². The third-order valence-corrected chi connectivity index (χ3v) is 5.13. The Balaban J connectivity index is 1.83.